The van der Waals surface area contributed by atoms with Gasteiger partial charge in [0.25, 0.3) is 0 Å². The first-order valence-electron chi connectivity index (χ1n) is 4.25. The number of carbonyl (C=O) groups is 1. The van der Waals surface area contributed by atoms with E-state index in [0.29, 0.717) is 12.2 Å². The fourth-order valence-corrected chi connectivity index (χ4v) is 1.70. The van der Waals surface area contributed by atoms with Gasteiger partial charge in [-0.05, 0) is 17.9 Å². The zero-order valence-corrected chi connectivity index (χ0v) is 8.36. The van der Waals surface area contributed by atoms with Gasteiger partial charge in [0.05, 0.1) is 0 Å². The number of hydrogen-bond acceptors (Lipinski definition) is 2. The van der Waals surface area contributed by atoms with Crippen LogP contribution in [0.1, 0.15) is 25.1 Å². The summed E-state index contributed by atoms with van der Waals surface area (Å²) in [6.45, 7) is 3.91. The van der Waals surface area contributed by atoms with Crippen molar-refractivity contribution in [2.75, 3.05) is 0 Å². The van der Waals surface area contributed by atoms with Gasteiger partial charge in [-0.1, -0.05) is 19.9 Å². The molecule has 0 aliphatic rings. The van der Waals surface area contributed by atoms with E-state index in [0.717, 1.165) is 6.42 Å². The Labute approximate surface area is 77.4 Å². The van der Waals surface area contributed by atoms with E-state index in [2.05, 4.69) is 11.4 Å². The van der Waals surface area contributed by atoms with Crippen LogP contribution in [0.4, 0.5) is 0 Å². The predicted molar refractivity (Wildman–Crippen MR) is 52.5 cm³/mol. The van der Waals surface area contributed by atoms with Crippen LogP contribution in [0.2, 0.25) is 0 Å². The van der Waals surface area contributed by atoms with Gasteiger partial charge in [0, 0.05) is 17.2 Å². The number of rotatable bonds is 4. The smallest absolute Gasteiger partial charge is 0.135 e. The monoisotopic (exact) mass is 182 g/mol. The number of aryl methyl sites for hydroxylation is 1. The molecule has 12 heavy (non-hydrogen) atoms. The third-order valence-electron chi connectivity index (χ3n) is 1.84. The number of Topliss-reactive ketones (excluding diaryl/α,β-unsaturated/α-hetero) is 1. The number of hydrogen-bond donors (Lipinski definition) is 0. The molecule has 0 radical (unpaired) electrons. The third kappa shape index (κ3) is 2.78. The highest BCUT2D eigenvalue weighted by Crippen LogP contribution is 2.12. The first-order chi connectivity index (χ1) is 5.70. The van der Waals surface area contributed by atoms with E-state index in [4.69, 9.17) is 0 Å². The van der Waals surface area contributed by atoms with Gasteiger partial charge in [0.15, 0.2) is 0 Å². The number of carbonyl (C=O) groups excluding carboxylic acids is 1. The normalized spacial score (nSPS) is 10.6. The molecular formula is C10H14OS. The Bertz CT molecular complexity index is 236. The molecule has 0 atom stereocenters. The standard InChI is InChI=1S/C10H14OS/c1-8(2)10(11)6-5-9-4-3-7-12-9/h3-4,7-8H,5-6H2,1-2H3. The van der Waals surface area contributed by atoms with E-state index in [-0.39, 0.29) is 5.92 Å². The molecule has 1 heterocycles. The van der Waals surface area contributed by atoms with Crippen LogP contribution in [0, 0.1) is 5.92 Å². The Morgan fingerprint density at radius 1 is 1.58 bits per heavy atom. The topological polar surface area (TPSA) is 17.1 Å². The van der Waals surface area contributed by atoms with Gasteiger partial charge < -0.3 is 0 Å². The summed E-state index contributed by atoms with van der Waals surface area (Å²) in [5.74, 6) is 0.549. The van der Waals surface area contributed by atoms with Gasteiger partial charge in [-0.15, -0.1) is 11.3 Å². The molecule has 0 fully saturated rings. The highest BCUT2D eigenvalue weighted by atomic mass is 32.1. The molecule has 0 spiro atoms. The fourth-order valence-electron chi connectivity index (χ4n) is 0.990. The second-order valence-electron chi connectivity index (χ2n) is 3.20. The largest absolute Gasteiger partial charge is 0.299 e. The third-order valence-corrected chi connectivity index (χ3v) is 2.78. The molecule has 0 aliphatic carbocycles. The van der Waals surface area contributed by atoms with Crippen molar-refractivity contribution in [1.82, 2.24) is 0 Å². The van der Waals surface area contributed by atoms with Gasteiger partial charge in [-0.2, -0.15) is 0 Å². The van der Waals surface area contributed by atoms with Crippen molar-refractivity contribution >= 4 is 17.1 Å². The molecule has 66 valence electrons. The molecule has 0 N–H and O–H groups in total. The summed E-state index contributed by atoms with van der Waals surface area (Å²) in [6, 6.07) is 4.11. The predicted octanol–water partition coefficient (Wildman–Crippen LogP) is 2.91. The van der Waals surface area contributed by atoms with Crippen LogP contribution in [-0.2, 0) is 11.2 Å². The lowest BCUT2D eigenvalue weighted by molar-refractivity contribution is -0.121. The van der Waals surface area contributed by atoms with E-state index in [1.807, 2.05) is 19.9 Å². The van der Waals surface area contributed by atoms with Gasteiger partial charge in [0.2, 0.25) is 0 Å². The van der Waals surface area contributed by atoms with Crippen molar-refractivity contribution in [2.45, 2.75) is 26.7 Å². The van der Waals surface area contributed by atoms with E-state index in [9.17, 15) is 4.79 Å². The van der Waals surface area contributed by atoms with Crippen LogP contribution >= 0.6 is 11.3 Å². The number of thiophene rings is 1. The molecule has 1 rings (SSSR count). The van der Waals surface area contributed by atoms with E-state index in [1.54, 1.807) is 11.3 Å². The number of ketones is 1. The SMILES string of the molecule is CC(C)C(=O)CCc1cccs1. The van der Waals surface area contributed by atoms with Crippen molar-refractivity contribution in [3.63, 3.8) is 0 Å². The zero-order valence-electron chi connectivity index (χ0n) is 7.54. The molecule has 0 aromatic carbocycles. The van der Waals surface area contributed by atoms with Crippen LogP contribution in [0.15, 0.2) is 17.5 Å². The van der Waals surface area contributed by atoms with Crippen molar-refractivity contribution in [2.24, 2.45) is 5.92 Å². The van der Waals surface area contributed by atoms with Crippen molar-refractivity contribution < 1.29 is 4.79 Å². The van der Waals surface area contributed by atoms with E-state index < -0.39 is 0 Å². The molecule has 1 nitrogen and oxygen atoms in total. The highest BCUT2D eigenvalue weighted by Gasteiger charge is 2.06. The second-order valence-corrected chi connectivity index (χ2v) is 4.23. The van der Waals surface area contributed by atoms with Crippen LogP contribution in [-0.4, -0.2) is 5.78 Å². The zero-order chi connectivity index (χ0) is 8.97. The van der Waals surface area contributed by atoms with Gasteiger partial charge in [-0.25, -0.2) is 0 Å². The molecule has 2 heteroatoms. The Hall–Kier alpha value is -0.630. The molecular weight excluding hydrogens is 168 g/mol. The second kappa shape index (κ2) is 4.41. The first-order valence-corrected chi connectivity index (χ1v) is 5.13. The Kier molecular flexibility index (Phi) is 3.48. The lowest BCUT2D eigenvalue weighted by Gasteiger charge is -2.01. The Morgan fingerprint density at radius 3 is 2.83 bits per heavy atom. The lowest BCUT2D eigenvalue weighted by Crippen LogP contribution is -2.07. The minimum absolute atomic E-state index is 0.185. The van der Waals surface area contributed by atoms with Gasteiger partial charge in [0.1, 0.15) is 5.78 Å². The minimum atomic E-state index is 0.185. The molecule has 0 aliphatic heterocycles. The molecule has 0 saturated heterocycles. The summed E-state index contributed by atoms with van der Waals surface area (Å²) < 4.78 is 0. The van der Waals surface area contributed by atoms with E-state index in [1.165, 1.54) is 4.88 Å². The Morgan fingerprint density at radius 2 is 2.33 bits per heavy atom. The molecule has 0 amide bonds. The van der Waals surface area contributed by atoms with Crippen molar-refractivity contribution in [3.05, 3.63) is 22.4 Å². The van der Waals surface area contributed by atoms with Gasteiger partial charge in [-0.3, -0.25) is 4.79 Å². The fraction of sp³-hybridized carbons (Fsp3) is 0.500. The summed E-state index contributed by atoms with van der Waals surface area (Å²) in [7, 11) is 0. The first kappa shape index (κ1) is 9.46. The molecule has 1 aromatic heterocycles. The maximum absolute atomic E-state index is 11.2. The summed E-state index contributed by atoms with van der Waals surface area (Å²) in [4.78, 5) is 12.6. The summed E-state index contributed by atoms with van der Waals surface area (Å²) in [5.41, 5.74) is 0. The van der Waals surface area contributed by atoms with Gasteiger partial charge >= 0.3 is 0 Å². The lowest BCUT2D eigenvalue weighted by atomic mass is 10.0. The molecule has 1 aromatic rings. The summed E-state index contributed by atoms with van der Waals surface area (Å²) >= 11 is 1.72. The van der Waals surface area contributed by atoms with Crippen molar-refractivity contribution in [3.8, 4) is 0 Å². The molecule has 0 unspecified atom stereocenters. The maximum Gasteiger partial charge on any atom is 0.135 e. The van der Waals surface area contributed by atoms with Crippen LogP contribution in [0.25, 0.3) is 0 Å². The van der Waals surface area contributed by atoms with Crippen LogP contribution in [0.3, 0.4) is 0 Å². The quantitative estimate of drug-likeness (QED) is 0.699. The minimum Gasteiger partial charge on any atom is -0.299 e. The van der Waals surface area contributed by atoms with E-state index >= 15 is 0 Å². The molecule has 0 bridgehead atoms. The Balaban J connectivity index is 2.32. The molecule has 0 saturated carbocycles. The maximum atomic E-state index is 11.2. The summed E-state index contributed by atoms with van der Waals surface area (Å²) in [5, 5.41) is 2.05. The highest BCUT2D eigenvalue weighted by molar-refractivity contribution is 7.09. The average molecular weight is 182 g/mol. The average Bonchev–Trinajstić information content (AvgIpc) is 2.51. The van der Waals surface area contributed by atoms with Crippen LogP contribution in [0.5, 0.6) is 0 Å². The van der Waals surface area contributed by atoms with Crippen molar-refractivity contribution in [1.29, 1.82) is 0 Å². The summed E-state index contributed by atoms with van der Waals surface area (Å²) in [6.07, 6.45) is 1.60. The van der Waals surface area contributed by atoms with Crippen LogP contribution < -0.4 is 0 Å².